The third-order valence-corrected chi connectivity index (χ3v) is 6.67. The fourth-order valence-corrected chi connectivity index (χ4v) is 4.78. The molecule has 9 heteroatoms. The zero-order valence-electron chi connectivity index (χ0n) is 21.0. The van der Waals surface area contributed by atoms with Crippen molar-refractivity contribution < 1.29 is 19.1 Å². The largest absolute Gasteiger partial charge is 0.457 e. The topological polar surface area (TPSA) is 109 Å². The smallest absolute Gasteiger partial charge is 0.222 e. The van der Waals surface area contributed by atoms with E-state index in [-0.39, 0.29) is 30.4 Å². The highest BCUT2D eigenvalue weighted by molar-refractivity contribution is 5.79. The number of nitrogens with zero attached hydrogens (tertiary/aromatic N) is 2. The van der Waals surface area contributed by atoms with E-state index in [9.17, 15) is 9.59 Å². The van der Waals surface area contributed by atoms with Crippen molar-refractivity contribution in [1.82, 2.24) is 25.7 Å². The number of ether oxygens (including phenoxy) is 2. The Morgan fingerprint density at radius 2 is 1.81 bits per heavy atom. The summed E-state index contributed by atoms with van der Waals surface area (Å²) in [6.07, 6.45) is 1.03. The molecule has 1 saturated heterocycles. The van der Waals surface area contributed by atoms with Gasteiger partial charge in [-0.25, -0.2) is 0 Å². The van der Waals surface area contributed by atoms with E-state index in [4.69, 9.17) is 9.47 Å². The van der Waals surface area contributed by atoms with Gasteiger partial charge in [0.25, 0.3) is 0 Å². The first-order valence-electron chi connectivity index (χ1n) is 12.8. The number of likely N-dealkylation sites (tertiary alicyclic amines) is 1. The van der Waals surface area contributed by atoms with E-state index < -0.39 is 0 Å². The maximum atomic E-state index is 12.7. The van der Waals surface area contributed by atoms with Crippen molar-refractivity contribution in [2.45, 2.75) is 51.5 Å². The van der Waals surface area contributed by atoms with Crippen molar-refractivity contribution >= 4 is 11.8 Å². The van der Waals surface area contributed by atoms with Gasteiger partial charge in [-0.3, -0.25) is 19.6 Å². The summed E-state index contributed by atoms with van der Waals surface area (Å²) in [7, 11) is 0. The van der Waals surface area contributed by atoms with Gasteiger partial charge >= 0.3 is 0 Å². The summed E-state index contributed by atoms with van der Waals surface area (Å²) < 4.78 is 12.4. The molecular formula is C28H33N5O4. The van der Waals surface area contributed by atoms with Crippen molar-refractivity contribution in [2.75, 3.05) is 19.6 Å². The van der Waals surface area contributed by atoms with Crippen LogP contribution >= 0.6 is 0 Å². The Hall–Kier alpha value is -3.69. The van der Waals surface area contributed by atoms with E-state index in [1.165, 1.54) is 0 Å². The van der Waals surface area contributed by atoms with E-state index in [1.807, 2.05) is 61.5 Å². The first-order chi connectivity index (χ1) is 18.0. The maximum absolute atomic E-state index is 12.7. The minimum atomic E-state index is -0.179. The number of benzene rings is 2. The van der Waals surface area contributed by atoms with Gasteiger partial charge in [-0.15, -0.1) is 0 Å². The van der Waals surface area contributed by atoms with Crippen LogP contribution < -0.4 is 15.4 Å². The highest BCUT2D eigenvalue weighted by atomic mass is 16.5. The summed E-state index contributed by atoms with van der Waals surface area (Å²) in [5.74, 6) is 1.30. The van der Waals surface area contributed by atoms with Crippen LogP contribution in [0.3, 0.4) is 0 Å². The maximum Gasteiger partial charge on any atom is 0.222 e. The Morgan fingerprint density at radius 3 is 2.62 bits per heavy atom. The standard InChI is InChI=1S/C28H33N5O4/c1-19-13-22(32-31-19)15-33-16-25-26(17-33)36-18-21-3-2-4-24(14-21)37-23-8-5-20(6-9-23)7-10-27(34)29-12-11-28(35)30-25/h2-6,8-9,13-14,25-26H,7,10-12,15-18H2,1H3,(H,29,34)(H,30,35)(H,31,32)/t25-,26-/m0/s1. The molecule has 0 aliphatic carbocycles. The van der Waals surface area contributed by atoms with Gasteiger partial charge in [0.05, 0.1) is 24.4 Å². The number of aryl methyl sites for hydroxylation is 2. The second-order valence-electron chi connectivity index (χ2n) is 9.75. The Kier molecular flexibility index (Phi) is 7.82. The van der Waals surface area contributed by atoms with Gasteiger partial charge in [-0.05, 0) is 54.8 Å². The molecule has 37 heavy (non-hydrogen) atoms. The van der Waals surface area contributed by atoms with Crippen LogP contribution in [0.4, 0.5) is 0 Å². The molecule has 2 aromatic carbocycles. The van der Waals surface area contributed by atoms with Gasteiger partial charge < -0.3 is 20.1 Å². The van der Waals surface area contributed by atoms with Crippen LogP contribution in [-0.4, -0.2) is 58.7 Å². The highest BCUT2D eigenvalue weighted by Crippen LogP contribution is 2.24. The summed E-state index contributed by atoms with van der Waals surface area (Å²) in [6, 6.07) is 17.5. The van der Waals surface area contributed by atoms with Crippen LogP contribution in [0.25, 0.3) is 0 Å². The average Bonchev–Trinajstić information content (AvgIpc) is 3.47. The number of fused-ring (bicyclic) bond motifs is 10. The predicted molar refractivity (Wildman–Crippen MR) is 138 cm³/mol. The molecule has 2 amide bonds. The molecule has 3 aromatic rings. The van der Waals surface area contributed by atoms with Gasteiger partial charge in [0.1, 0.15) is 11.5 Å². The number of carbonyl (C=O) groups is 2. The number of aromatic amines is 1. The fraction of sp³-hybridized carbons (Fsp3) is 0.393. The molecular weight excluding hydrogens is 470 g/mol. The predicted octanol–water partition coefficient (Wildman–Crippen LogP) is 2.85. The van der Waals surface area contributed by atoms with Crippen LogP contribution in [0.5, 0.6) is 11.5 Å². The third kappa shape index (κ3) is 6.96. The minimum absolute atomic E-state index is 0.0677. The van der Waals surface area contributed by atoms with Crippen LogP contribution in [0.15, 0.2) is 54.6 Å². The molecule has 1 aromatic heterocycles. The normalized spacial score (nSPS) is 21.5. The van der Waals surface area contributed by atoms with Crippen molar-refractivity contribution in [3.05, 3.63) is 77.1 Å². The summed E-state index contributed by atoms with van der Waals surface area (Å²) in [4.78, 5) is 27.2. The quantitative estimate of drug-likeness (QED) is 0.496. The molecule has 194 valence electrons. The third-order valence-electron chi connectivity index (χ3n) is 6.67. The number of amides is 2. The van der Waals surface area contributed by atoms with Gasteiger partial charge in [0.2, 0.25) is 11.8 Å². The summed E-state index contributed by atoms with van der Waals surface area (Å²) in [6.45, 7) is 4.70. The van der Waals surface area contributed by atoms with Crippen LogP contribution in [0.2, 0.25) is 0 Å². The first-order valence-corrected chi connectivity index (χ1v) is 12.8. The molecule has 0 unspecified atom stereocenters. The van der Waals surface area contributed by atoms with Gasteiger partial charge in [-0.2, -0.15) is 5.10 Å². The molecule has 3 aliphatic heterocycles. The van der Waals surface area contributed by atoms with E-state index >= 15 is 0 Å². The van der Waals surface area contributed by atoms with E-state index in [0.717, 1.165) is 34.0 Å². The zero-order chi connectivity index (χ0) is 25.6. The Labute approximate surface area is 216 Å². The van der Waals surface area contributed by atoms with Crippen molar-refractivity contribution in [2.24, 2.45) is 0 Å². The number of hydrogen-bond donors (Lipinski definition) is 3. The summed E-state index contributed by atoms with van der Waals surface area (Å²) >= 11 is 0. The second kappa shape index (κ2) is 11.6. The van der Waals surface area contributed by atoms with Crippen molar-refractivity contribution in [1.29, 1.82) is 0 Å². The molecule has 3 N–H and O–H groups in total. The lowest BCUT2D eigenvalue weighted by Crippen LogP contribution is -2.44. The molecule has 4 bridgehead atoms. The molecule has 1 fully saturated rings. The second-order valence-corrected chi connectivity index (χ2v) is 9.75. The number of H-pyrrole nitrogens is 1. The molecule has 0 radical (unpaired) electrons. The highest BCUT2D eigenvalue weighted by Gasteiger charge is 2.35. The lowest BCUT2D eigenvalue weighted by atomic mass is 10.1. The Balaban J connectivity index is 1.31. The summed E-state index contributed by atoms with van der Waals surface area (Å²) in [5.41, 5.74) is 4.03. The molecule has 0 saturated carbocycles. The average molecular weight is 504 g/mol. The zero-order valence-corrected chi connectivity index (χ0v) is 21.0. The lowest BCUT2D eigenvalue weighted by molar-refractivity contribution is -0.123. The SMILES string of the molecule is Cc1cc(CN2C[C@@H]3NC(=O)CCNC(=O)CCc4ccc(cc4)Oc4cccc(c4)CO[C@H]3C2)n[nH]1. The Bertz CT molecular complexity index is 1230. The molecule has 0 spiro atoms. The molecule has 4 heterocycles. The molecule has 2 atom stereocenters. The molecule has 9 nitrogen and oxygen atoms in total. The first kappa shape index (κ1) is 25.0. The summed E-state index contributed by atoms with van der Waals surface area (Å²) in [5, 5.41) is 13.3. The number of rotatable bonds is 2. The van der Waals surface area contributed by atoms with Crippen molar-refractivity contribution in [3.8, 4) is 11.5 Å². The van der Waals surface area contributed by atoms with Crippen LogP contribution in [0, 0.1) is 6.92 Å². The lowest BCUT2D eigenvalue weighted by Gasteiger charge is -2.21. The number of hydrogen-bond acceptors (Lipinski definition) is 6. The fourth-order valence-electron chi connectivity index (χ4n) is 4.78. The number of carbonyl (C=O) groups excluding carboxylic acids is 2. The monoisotopic (exact) mass is 503 g/mol. The van der Waals surface area contributed by atoms with Gasteiger partial charge in [0, 0.05) is 44.7 Å². The Morgan fingerprint density at radius 1 is 0.946 bits per heavy atom. The van der Waals surface area contributed by atoms with Crippen LogP contribution in [-0.2, 0) is 33.9 Å². The minimum Gasteiger partial charge on any atom is -0.457 e. The molecule has 3 aliphatic rings. The number of nitrogens with one attached hydrogen (secondary N) is 3. The van der Waals surface area contributed by atoms with E-state index in [2.05, 4.69) is 25.7 Å². The van der Waals surface area contributed by atoms with Gasteiger partial charge in [-0.1, -0.05) is 24.3 Å². The van der Waals surface area contributed by atoms with E-state index in [1.54, 1.807) is 0 Å². The van der Waals surface area contributed by atoms with Gasteiger partial charge in [0.15, 0.2) is 0 Å². The van der Waals surface area contributed by atoms with Crippen molar-refractivity contribution in [3.63, 3.8) is 0 Å². The van der Waals surface area contributed by atoms with Crippen LogP contribution in [0.1, 0.15) is 35.4 Å². The number of aromatic nitrogens is 2. The molecule has 6 rings (SSSR count). The van der Waals surface area contributed by atoms with E-state index in [0.29, 0.717) is 45.6 Å².